The molecule has 1 N–H and O–H groups in total. The zero-order chi connectivity index (χ0) is 32.3. The quantitative estimate of drug-likeness (QED) is 0.153. The fraction of sp³-hybridized carbons (Fsp3) is 0.405. The fourth-order valence-corrected chi connectivity index (χ4v) is 7.89. The molecular weight excluding hydrogens is 600 g/mol. The number of nitrogens with zero attached hydrogens (tertiary/aromatic N) is 1. The van der Waals surface area contributed by atoms with E-state index in [1.165, 1.54) is 37.0 Å². The third kappa shape index (κ3) is 6.90. The number of nitrogens with one attached hydrogen (secondary N) is 1. The van der Waals surface area contributed by atoms with Gasteiger partial charge in [0.2, 0.25) is 10.0 Å². The third-order valence-electron chi connectivity index (χ3n) is 9.36. The number of rotatable bonds is 9. The summed E-state index contributed by atoms with van der Waals surface area (Å²) < 4.78 is 41.8. The molecule has 1 saturated carbocycles. The van der Waals surface area contributed by atoms with Gasteiger partial charge in [-0.05, 0) is 98.8 Å². The van der Waals surface area contributed by atoms with Gasteiger partial charge < -0.3 is 14.0 Å². The molecule has 1 aliphatic heterocycles. The number of hydrogen-bond donors (Lipinski definition) is 1. The minimum Gasteiger partial charge on any atom is -0.487 e. The maximum absolute atomic E-state index is 13.3. The molecule has 1 aliphatic carbocycles. The van der Waals surface area contributed by atoms with Crippen molar-refractivity contribution in [2.75, 3.05) is 0 Å². The Bertz CT molecular complexity index is 1890. The fourth-order valence-electron chi connectivity index (χ4n) is 6.68. The number of hydrogen-bond acceptors (Lipinski definition) is 7. The first-order chi connectivity index (χ1) is 22.2. The van der Waals surface area contributed by atoms with E-state index < -0.39 is 22.0 Å². The maximum atomic E-state index is 13.3. The lowest BCUT2D eigenvalue weighted by Crippen LogP contribution is -2.41. The van der Waals surface area contributed by atoms with Crippen LogP contribution in [0, 0.1) is 13.8 Å². The van der Waals surface area contributed by atoms with Crippen molar-refractivity contribution in [1.82, 2.24) is 4.72 Å². The highest BCUT2D eigenvalue weighted by Gasteiger charge is 2.37. The zero-order valence-corrected chi connectivity index (χ0v) is 27.6. The molecule has 2 aliphatic rings. The number of benzene rings is 3. The van der Waals surface area contributed by atoms with Crippen LogP contribution in [-0.4, -0.2) is 26.0 Å². The van der Waals surface area contributed by atoms with Crippen LogP contribution >= 0.6 is 0 Å². The summed E-state index contributed by atoms with van der Waals surface area (Å²) in [6, 6.07) is 19.4. The van der Waals surface area contributed by atoms with Crippen molar-refractivity contribution in [3.63, 3.8) is 0 Å². The first kappa shape index (κ1) is 32.0. The molecule has 2 heterocycles. The Hall–Kier alpha value is -3.95. The second-order valence-corrected chi connectivity index (χ2v) is 14.5. The number of carbonyl (C=O) groups excluding carboxylic acids is 1. The predicted molar refractivity (Wildman–Crippen MR) is 177 cm³/mol. The van der Waals surface area contributed by atoms with Crippen LogP contribution < -0.4 is 15.0 Å². The summed E-state index contributed by atoms with van der Waals surface area (Å²) in [6.07, 6.45) is 9.06. The monoisotopic (exact) mass is 642 g/mol. The molecule has 1 spiro atoms. The van der Waals surface area contributed by atoms with Crippen molar-refractivity contribution < 1.29 is 27.2 Å². The van der Waals surface area contributed by atoms with E-state index >= 15 is 0 Å². The molecule has 6 rings (SSSR count). The van der Waals surface area contributed by atoms with Crippen LogP contribution in [0.4, 0.5) is 0 Å². The highest BCUT2D eigenvalue weighted by atomic mass is 32.2. The van der Waals surface area contributed by atoms with Crippen LogP contribution in [0.5, 0.6) is 5.75 Å². The summed E-state index contributed by atoms with van der Waals surface area (Å²) in [5.41, 5.74) is 5.59. The molecule has 4 aromatic rings. The van der Waals surface area contributed by atoms with E-state index in [0.29, 0.717) is 18.4 Å². The Labute approximate surface area is 270 Å². The lowest BCUT2D eigenvalue weighted by Gasteiger charge is -2.41. The zero-order valence-electron chi connectivity index (χ0n) is 26.8. The number of carbonyl (C=O) groups is 1. The average molecular weight is 643 g/mol. The molecule has 1 aromatic heterocycles. The van der Waals surface area contributed by atoms with Crippen LogP contribution in [0.15, 0.2) is 81.2 Å². The topological polar surface area (TPSA) is 107 Å². The van der Waals surface area contributed by atoms with Crippen LogP contribution in [0.1, 0.15) is 86.1 Å². The number of fused-ring (bicyclic) bond motifs is 2. The molecule has 8 nitrogen and oxygen atoms in total. The van der Waals surface area contributed by atoms with E-state index in [-0.39, 0.29) is 22.5 Å². The molecule has 0 bridgehead atoms. The first-order valence-electron chi connectivity index (χ1n) is 16.3. The average Bonchev–Trinajstić information content (AvgIpc) is 3.05. The summed E-state index contributed by atoms with van der Waals surface area (Å²) >= 11 is 0. The predicted octanol–water partition coefficient (Wildman–Crippen LogP) is 7.17. The van der Waals surface area contributed by atoms with E-state index in [9.17, 15) is 13.2 Å². The van der Waals surface area contributed by atoms with E-state index in [0.717, 1.165) is 59.1 Å². The van der Waals surface area contributed by atoms with Crippen LogP contribution in [0.25, 0.3) is 11.0 Å². The van der Waals surface area contributed by atoms with Crippen molar-refractivity contribution in [3.8, 4) is 5.75 Å². The molecular formula is C37H42N2O6S. The first-order valence-corrected chi connectivity index (χ1v) is 17.8. The van der Waals surface area contributed by atoms with Gasteiger partial charge in [-0.3, -0.25) is 0 Å². The normalized spacial score (nSPS) is 17.0. The molecule has 1 fully saturated rings. The smallest absolute Gasteiger partial charge is 0.352 e. The van der Waals surface area contributed by atoms with Crippen LogP contribution in [0.2, 0.25) is 0 Å². The van der Waals surface area contributed by atoms with Crippen LogP contribution in [0.3, 0.4) is 0 Å². The van der Waals surface area contributed by atoms with Gasteiger partial charge in [0.25, 0.3) is 5.55 Å². The van der Waals surface area contributed by atoms with Gasteiger partial charge in [0.05, 0.1) is 4.90 Å². The van der Waals surface area contributed by atoms with E-state index in [2.05, 4.69) is 15.9 Å². The van der Waals surface area contributed by atoms with E-state index in [1.54, 1.807) is 12.1 Å². The second-order valence-electron chi connectivity index (χ2n) is 12.8. The SMILES string of the molecule is CCC[C@H](NS(=O)(=O)c1ccc(C)cc1)C(=O)O/N=c1\oc2cc3c(cc2c(C)c1Cc1ccccc1)CCC1(CCCCC1)O3. The van der Waals surface area contributed by atoms with E-state index in [1.807, 2.05) is 57.2 Å². The van der Waals surface area contributed by atoms with Crippen molar-refractivity contribution >= 4 is 27.0 Å². The van der Waals surface area contributed by atoms with Crippen molar-refractivity contribution in [1.29, 1.82) is 0 Å². The lowest BCUT2D eigenvalue weighted by molar-refractivity contribution is -0.146. The molecule has 242 valence electrons. The van der Waals surface area contributed by atoms with Gasteiger partial charge in [-0.1, -0.05) is 67.8 Å². The summed E-state index contributed by atoms with van der Waals surface area (Å²) in [5, 5.41) is 5.20. The molecule has 0 saturated heterocycles. The Morgan fingerprint density at radius 3 is 2.46 bits per heavy atom. The summed E-state index contributed by atoms with van der Waals surface area (Å²) in [7, 11) is -3.96. The minimum absolute atomic E-state index is 0.0785. The standard InChI is InChI=1S/C37H42N2O6S/c1-4-11-32(39-46(41,42)29-16-14-25(2)15-17-29)36(40)45-38-35-31(22-27-12-7-5-8-13-27)26(3)30-23-28-18-21-37(19-9-6-10-20-37)44-33(28)24-34(30)43-35/h5,7-8,12-17,23-24,32,39H,4,6,9-11,18-22H2,1-3H3/b38-35-/t32-/m0/s1. The lowest BCUT2D eigenvalue weighted by atomic mass is 9.79. The summed E-state index contributed by atoms with van der Waals surface area (Å²) in [6.45, 7) is 5.78. The molecule has 1 atom stereocenters. The van der Waals surface area contributed by atoms with Crippen molar-refractivity contribution in [2.24, 2.45) is 5.16 Å². The Kier molecular flexibility index (Phi) is 9.34. The van der Waals surface area contributed by atoms with Gasteiger partial charge in [0, 0.05) is 23.4 Å². The molecule has 9 heteroatoms. The number of sulfonamides is 1. The highest BCUT2D eigenvalue weighted by molar-refractivity contribution is 7.89. The number of aryl methyl sites for hydroxylation is 3. The molecule has 0 unspecified atom stereocenters. The molecule has 0 amide bonds. The van der Waals surface area contributed by atoms with Gasteiger partial charge in [-0.25, -0.2) is 13.2 Å². The van der Waals surface area contributed by atoms with Gasteiger partial charge in [-0.15, -0.1) is 0 Å². The van der Waals surface area contributed by atoms with E-state index in [4.69, 9.17) is 14.0 Å². The largest absolute Gasteiger partial charge is 0.487 e. The van der Waals surface area contributed by atoms with Gasteiger partial charge >= 0.3 is 5.97 Å². The van der Waals surface area contributed by atoms with Crippen molar-refractivity contribution in [3.05, 3.63) is 100 Å². The maximum Gasteiger partial charge on any atom is 0.352 e. The minimum atomic E-state index is -3.96. The van der Waals surface area contributed by atoms with Crippen molar-refractivity contribution in [2.45, 2.75) is 102 Å². The second kappa shape index (κ2) is 13.4. The Balaban J connectivity index is 1.35. The molecule has 0 radical (unpaired) electrons. The number of ether oxygens (including phenoxy) is 1. The van der Waals surface area contributed by atoms with Gasteiger partial charge in [-0.2, -0.15) is 4.72 Å². The van der Waals surface area contributed by atoms with Gasteiger partial charge in [0.1, 0.15) is 23.0 Å². The third-order valence-corrected chi connectivity index (χ3v) is 10.8. The molecule has 46 heavy (non-hydrogen) atoms. The summed E-state index contributed by atoms with van der Waals surface area (Å²) in [4.78, 5) is 18.9. The Morgan fingerprint density at radius 2 is 1.74 bits per heavy atom. The van der Waals surface area contributed by atoms with Gasteiger partial charge in [0.15, 0.2) is 0 Å². The highest BCUT2D eigenvalue weighted by Crippen LogP contribution is 2.43. The molecule has 3 aromatic carbocycles. The summed E-state index contributed by atoms with van der Waals surface area (Å²) in [5.74, 6) is 0.0419. The Morgan fingerprint density at radius 1 is 1.00 bits per heavy atom. The van der Waals surface area contributed by atoms with Crippen LogP contribution in [-0.2, 0) is 32.5 Å².